The van der Waals surface area contributed by atoms with Gasteiger partial charge in [-0.3, -0.25) is 0 Å². The van der Waals surface area contributed by atoms with E-state index in [0.29, 0.717) is 11.5 Å². The average Bonchev–Trinajstić information content (AvgIpc) is 2.78. The molecule has 0 amide bonds. The van der Waals surface area contributed by atoms with Gasteiger partial charge in [-0.05, 0) is 6.07 Å². The van der Waals surface area contributed by atoms with Crippen LogP contribution in [0.3, 0.4) is 0 Å². The van der Waals surface area contributed by atoms with E-state index in [1.807, 2.05) is 0 Å². The van der Waals surface area contributed by atoms with Crippen LogP contribution in [0, 0.1) is 6.57 Å². The monoisotopic (exact) mass is 220 g/mol. The molecule has 0 aliphatic rings. The quantitative estimate of drug-likeness (QED) is 0.729. The topological polar surface area (TPSA) is 35.1 Å². The molecule has 16 heavy (non-hydrogen) atoms. The molecule has 6 heteroatoms. The predicted molar refractivity (Wildman–Crippen MR) is 52.6 cm³/mol. The molecule has 2 aromatic rings. The molecule has 0 atom stereocenters. The Morgan fingerprint density at radius 3 is 2.62 bits per heavy atom. The molecule has 0 aliphatic carbocycles. The van der Waals surface area contributed by atoms with Gasteiger partial charge in [0, 0.05) is 12.4 Å². The summed E-state index contributed by atoms with van der Waals surface area (Å²) < 4.78 is 25.8. The van der Waals surface area contributed by atoms with Crippen molar-refractivity contribution in [3.8, 4) is 5.82 Å². The molecule has 0 N–H and O–H groups in total. The Morgan fingerprint density at radius 1 is 1.31 bits per heavy atom. The van der Waals surface area contributed by atoms with Crippen LogP contribution >= 0.6 is 0 Å². The third kappa shape index (κ3) is 1.88. The minimum atomic E-state index is -2.55. The summed E-state index contributed by atoms with van der Waals surface area (Å²) >= 11 is 0. The molecule has 80 valence electrons. The molecule has 0 saturated heterocycles. The third-order valence-electron chi connectivity index (χ3n) is 1.95. The van der Waals surface area contributed by atoms with Crippen LogP contribution in [-0.2, 0) is 0 Å². The van der Waals surface area contributed by atoms with Crippen molar-refractivity contribution in [2.75, 3.05) is 0 Å². The van der Waals surface area contributed by atoms with E-state index in [-0.39, 0.29) is 5.56 Å². The lowest BCUT2D eigenvalue weighted by Gasteiger charge is -1.99. The maximum Gasteiger partial charge on any atom is 0.266 e. The number of hydrogen-bond donors (Lipinski definition) is 0. The Balaban J connectivity index is 2.32. The zero-order valence-electron chi connectivity index (χ0n) is 8.01. The SMILES string of the molecule is [C-]#[N+]c1ccc(-n2cc(C(F)F)cn2)nc1. The summed E-state index contributed by atoms with van der Waals surface area (Å²) in [5, 5.41) is 3.76. The summed E-state index contributed by atoms with van der Waals surface area (Å²) in [6, 6.07) is 3.11. The fourth-order valence-electron chi connectivity index (χ4n) is 1.15. The van der Waals surface area contributed by atoms with Crippen LogP contribution in [-0.4, -0.2) is 14.8 Å². The number of nitrogens with zero attached hydrogens (tertiary/aromatic N) is 4. The van der Waals surface area contributed by atoms with E-state index in [0.717, 1.165) is 6.20 Å². The van der Waals surface area contributed by atoms with E-state index in [2.05, 4.69) is 14.9 Å². The number of rotatable bonds is 2. The first-order chi connectivity index (χ1) is 7.70. The zero-order chi connectivity index (χ0) is 11.5. The van der Waals surface area contributed by atoms with E-state index in [9.17, 15) is 8.78 Å². The number of aromatic nitrogens is 3. The van der Waals surface area contributed by atoms with Crippen molar-refractivity contribution in [3.63, 3.8) is 0 Å². The maximum absolute atomic E-state index is 12.3. The molecule has 4 nitrogen and oxygen atoms in total. The largest absolute Gasteiger partial charge is 0.266 e. The van der Waals surface area contributed by atoms with Crippen molar-refractivity contribution < 1.29 is 8.78 Å². The Morgan fingerprint density at radius 2 is 2.12 bits per heavy atom. The van der Waals surface area contributed by atoms with Crippen LogP contribution in [0.15, 0.2) is 30.7 Å². The second-order valence-corrected chi connectivity index (χ2v) is 3.01. The second kappa shape index (κ2) is 4.06. The van der Waals surface area contributed by atoms with Crippen LogP contribution in [0.4, 0.5) is 14.5 Å². The lowest BCUT2D eigenvalue weighted by molar-refractivity contribution is 0.151. The van der Waals surface area contributed by atoms with Crippen molar-refractivity contribution >= 4 is 5.69 Å². The average molecular weight is 220 g/mol. The molecular weight excluding hydrogens is 214 g/mol. The van der Waals surface area contributed by atoms with E-state index < -0.39 is 6.43 Å². The van der Waals surface area contributed by atoms with Gasteiger partial charge in [-0.15, -0.1) is 0 Å². The molecule has 0 spiro atoms. The van der Waals surface area contributed by atoms with Crippen LogP contribution in [0.1, 0.15) is 12.0 Å². The fourth-order valence-corrected chi connectivity index (χ4v) is 1.15. The minimum Gasteiger partial charge on any atom is -0.249 e. The van der Waals surface area contributed by atoms with Gasteiger partial charge in [-0.2, -0.15) is 5.10 Å². The van der Waals surface area contributed by atoms with Gasteiger partial charge in [0.25, 0.3) is 6.43 Å². The third-order valence-corrected chi connectivity index (χ3v) is 1.95. The van der Waals surface area contributed by atoms with Gasteiger partial charge in [-0.1, -0.05) is 6.07 Å². The molecule has 2 aromatic heterocycles. The van der Waals surface area contributed by atoms with Gasteiger partial charge in [-0.25, -0.2) is 23.3 Å². The van der Waals surface area contributed by atoms with Crippen molar-refractivity contribution in [2.24, 2.45) is 0 Å². The predicted octanol–water partition coefficient (Wildman–Crippen LogP) is 2.76. The van der Waals surface area contributed by atoms with Gasteiger partial charge in [0.05, 0.1) is 18.3 Å². The zero-order valence-corrected chi connectivity index (χ0v) is 8.01. The summed E-state index contributed by atoms with van der Waals surface area (Å²) in [6.07, 6.45) is 1.13. The summed E-state index contributed by atoms with van der Waals surface area (Å²) in [4.78, 5) is 7.11. The minimum absolute atomic E-state index is 0.156. The van der Waals surface area contributed by atoms with E-state index in [1.54, 1.807) is 12.1 Å². The first-order valence-electron chi connectivity index (χ1n) is 4.37. The smallest absolute Gasteiger partial charge is 0.249 e. The maximum atomic E-state index is 12.3. The molecule has 0 fully saturated rings. The fraction of sp³-hybridized carbons (Fsp3) is 0.100. The lowest BCUT2D eigenvalue weighted by Crippen LogP contribution is -1.96. The Labute approximate surface area is 90.0 Å². The summed E-state index contributed by atoms with van der Waals surface area (Å²) in [6.45, 7) is 6.74. The molecule has 2 rings (SSSR count). The van der Waals surface area contributed by atoms with E-state index in [1.165, 1.54) is 17.1 Å². The van der Waals surface area contributed by atoms with Crippen molar-refractivity contribution in [2.45, 2.75) is 6.43 Å². The highest BCUT2D eigenvalue weighted by atomic mass is 19.3. The van der Waals surface area contributed by atoms with E-state index >= 15 is 0 Å². The van der Waals surface area contributed by atoms with Crippen LogP contribution in [0.2, 0.25) is 0 Å². The number of alkyl halides is 2. The molecule has 0 radical (unpaired) electrons. The van der Waals surface area contributed by atoms with Crippen molar-refractivity contribution in [3.05, 3.63) is 47.7 Å². The van der Waals surface area contributed by atoms with Crippen molar-refractivity contribution in [1.29, 1.82) is 0 Å². The Hall–Kier alpha value is -2.29. The lowest BCUT2D eigenvalue weighted by atomic mass is 10.4. The molecule has 0 saturated carbocycles. The molecule has 0 bridgehead atoms. The molecule has 0 aliphatic heterocycles. The standard InChI is InChI=1S/C10H6F2N4/c1-13-8-2-3-9(14-5-8)16-6-7(4-15-16)10(11)12/h2-6,10H. The number of halogens is 2. The molecule has 2 heterocycles. The highest BCUT2D eigenvalue weighted by Crippen LogP contribution is 2.19. The summed E-state index contributed by atoms with van der Waals surface area (Å²) in [7, 11) is 0. The number of pyridine rings is 1. The van der Waals surface area contributed by atoms with Gasteiger partial charge < -0.3 is 0 Å². The van der Waals surface area contributed by atoms with Gasteiger partial charge in [0.15, 0.2) is 5.82 Å². The molecule has 0 aromatic carbocycles. The normalized spacial score (nSPS) is 10.4. The first kappa shape index (κ1) is 10.2. The first-order valence-corrected chi connectivity index (χ1v) is 4.37. The van der Waals surface area contributed by atoms with Crippen LogP contribution < -0.4 is 0 Å². The Kier molecular flexibility index (Phi) is 2.60. The number of hydrogen-bond acceptors (Lipinski definition) is 2. The Bertz CT molecular complexity index is 524. The van der Waals surface area contributed by atoms with Gasteiger partial charge in [0.1, 0.15) is 0 Å². The van der Waals surface area contributed by atoms with Crippen molar-refractivity contribution in [1.82, 2.24) is 14.8 Å². The van der Waals surface area contributed by atoms with Gasteiger partial charge >= 0.3 is 0 Å². The second-order valence-electron chi connectivity index (χ2n) is 3.01. The highest BCUT2D eigenvalue weighted by molar-refractivity contribution is 5.44. The summed E-state index contributed by atoms with van der Waals surface area (Å²) in [5.41, 5.74) is 0.237. The van der Waals surface area contributed by atoms with Gasteiger partial charge in [0.2, 0.25) is 5.69 Å². The highest BCUT2D eigenvalue weighted by Gasteiger charge is 2.10. The van der Waals surface area contributed by atoms with Crippen LogP contribution in [0.25, 0.3) is 10.7 Å². The van der Waals surface area contributed by atoms with Crippen LogP contribution in [0.5, 0.6) is 0 Å². The molecular formula is C10H6F2N4. The molecule has 0 unspecified atom stereocenters. The summed E-state index contributed by atoms with van der Waals surface area (Å²) in [5.74, 6) is 0.402. The van der Waals surface area contributed by atoms with E-state index in [4.69, 9.17) is 6.57 Å².